The fourth-order valence-corrected chi connectivity index (χ4v) is 3.35. The first-order valence-corrected chi connectivity index (χ1v) is 8.65. The minimum Gasteiger partial charge on any atom is -0.378 e. The van der Waals surface area contributed by atoms with E-state index in [9.17, 15) is 9.18 Å². The third kappa shape index (κ3) is 3.98. The standard InChI is InChI=1S/C20H24FN3O/c1-14-10-18(23(2)3)12-19(22-14)16-7-5-9-24(13-16)20(25)15-6-4-8-17(21)11-15/h4,6,8,10-12,16H,5,7,9,13H2,1-3H3/t16-/m1/s1. The molecule has 0 radical (unpaired) electrons. The first-order valence-electron chi connectivity index (χ1n) is 8.65. The van der Waals surface area contributed by atoms with Crippen LogP contribution in [0.25, 0.3) is 0 Å². The van der Waals surface area contributed by atoms with Crippen molar-refractivity contribution in [3.63, 3.8) is 0 Å². The Morgan fingerprint density at radius 2 is 2.08 bits per heavy atom. The maximum atomic E-state index is 13.4. The van der Waals surface area contributed by atoms with Crippen LogP contribution in [-0.2, 0) is 0 Å². The Morgan fingerprint density at radius 1 is 1.28 bits per heavy atom. The topological polar surface area (TPSA) is 36.4 Å². The highest BCUT2D eigenvalue weighted by Gasteiger charge is 2.27. The molecule has 0 aliphatic carbocycles. The van der Waals surface area contributed by atoms with Gasteiger partial charge in [0.15, 0.2) is 0 Å². The number of likely N-dealkylation sites (tertiary alicyclic amines) is 1. The van der Waals surface area contributed by atoms with Gasteiger partial charge in [-0.3, -0.25) is 9.78 Å². The molecular weight excluding hydrogens is 317 g/mol. The van der Waals surface area contributed by atoms with Gasteiger partial charge in [0.25, 0.3) is 5.91 Å². The molecule has 5 heteroatoms. The summed E-state index contributed by atoms with van der Waals surface area (Å²) in [7, 11) is 4.03. The first-order chi connectivity index (χ1) is 11.9. The second-order valence-electron chi connectivity index (χ2n) is 6.89. The van der Waals surface area contributed by atoms with Crippen LogP contribution in [0.4, 0.5) is 10.1 Å². The van der Waals surface area contributed by atoms with Crippen LogP contribution < -0.4 is 4.90 Å². The zero-order chi connectivity index (χ0) is 18.0. The van der Waals surface area contributed by atoms with E-state index >= 15 is 0 Å². The summed E-state index contributed by atoms with van der Waals surface area (Å²) in [5.74, 6) is -0.273. The molecule has 132 valence electrons. The van der Waals surface area contributed by atoms with Crippen molar-refractivity contribution in [3.05, 3.63) is 59.2 Å². The van der Waals surface area contributed by atoms with E-state index in [1.807, 2.05) is 25.9 Å². The molecule has 2 aromatic rings. The molecule has 0 spiro atoms. The second kappa shape index (κ2) is 7.21. The predicted molar refractivity (Wildman–Crippen MR) is 97.6 cm³/mol. The van der Waals surface area contributed by atoms with E-state index in [-0.39, 0.29) is 17.6 Å². The summed E-state index contributed by atoms with van der Waals surface area (Å²) in [6.07, 6.45) is 1.94. The van der Waals surface area contributed by atoms with Crippen molar-refractivity contribution in [1.29, 1.82) is 0 Å². The summed E-state index contributed by atoms with van der Waals surface area (Å²) in [6, 6.07) is 10.1. The van der Waals surface area contributed by atoms with Crippen molar-refractivity contribution in [2.45, 2.75) is 25.7 Å². The molecule has 25 heavy (non-hydrogen) atoms. The van der Waals surface area contributed by atoms with Crippen molar-refractivity contribution < 1.29 is 9.18 Å². The lowest BCUT2D eigenvalue weighted by atomic mass is 9.93. The van der Waals surface area contributed by atoms with Gasteiger partial charge in [-0.25, -0.2) is 4.39 Å². The molecule has 0 unspecified atom stereocenters. The Kier molecular flexibility index (Phi) is 5.02. The maximum Gasteiger partial charge on any atom is 0.253 e. The minimum atomic E-state index is -0.379. The monoisotopic (exact) mass is 341 g/mol. The van der Waals surface area contributed by atoms with Crippen molar-refractivity contribution >= 4 is 11.6 Å². The molecule has 1 saturated heterocycles. The fourth-order valence-electron chi connectivity index (χ4n) is 3.35. The summed E-state index contributed by atoms with van der Waals surface area (Å²) >= 11 is 0. The third-order valence-electron chi connectivity index (χ3n) is 4.67. The molecule has 0 N–H and O–H groups in total. The van der Waals surface area contributed by atoms with E-state index in [0.29, 0.717) is 18.7 Å². The van der Waals surface area contributed by atoms with Crippen molar-refractivity contribution in [3.8, 4) is 0 Å². The molecule has 1 atom stereocenters. The molecule has 3 rings (SSSR count). The molecular formula is C20H24FN3O. The molecule has 4 nitrogen and oxygen atoms in total. The average molecular weight is 341 g/mol. The van der Waals surface area contributed by atoms with Gasteiger partial charge in [-0.05, 0) is 50.1 Å². The highest BCUT2D eigenvalue weighted by Crippen LogP contribution is 2.29. The van der Waals surface area contributed by atoms with Crippen LogP contribution in [0.3, 0.4) is 0 Å². The number of halogens is 1. The van der Waals surface area contributed by atoms with E-state index in [4.69, 9.17) is 4.98 Å². The summed E-state index contributed by atoms with van der Waals surface area (Å²) in [4.78, 5) is 21.3. The van der Waals surface area contributed by atoms with E-state index in [1.54, 1.807) is 12.1 Å². The molecule has 1 aromatic heterocycles. The zero-order valence-electron chi connectivity index (χ0n) is 15.0. The lowest BCUT2D eigenvalue weighted by molar-refractivity contribution is 0.0705. The molecule has 0 saturated carbocycles. The Hall–Kier alpha value is -2.43. The predicted octanol–water partition coefficient (Wildman–Crippen LogP) is 3.61. The van der Waals surface area contributed by atoms with Gasteiger partial charge in [0.2, 0.25) is 0 Å². The minimum absolute atomic E-state index is 0.107. The number of carbonyl (C=O) groups excluding carboxylic acids is 1. The second-order valence-corrected chi connectivity index (χ2v) is 6.89. The van der Waals surface area contributed by atoms with Crippen LogP contribution in [0.5, 0.6) is 0 Å². The van der Waals surface area contributed by atoms with Gasteiger partial charge in [-0.1, -0.05) is 6.07 Å². The molecule has 1 amide bonds. The fraction of sp³-hybridized carbons (Fsp3) is 0.400. The Bertz CT molecular complexity index is 775. The van der Waals surface area contributed by atoms with E-state index in [2.05, 4.69) is 17.0 Å². The van der Waals surface area contributed by atoms with Gasteiger partial charge in [-0.15, -0.1) is 0 Å². The number of carbonyl (C=O) groups is 1. The van der Waals surface area contributed by atoms with Crippen LogP contribution in [0.1, 0.15) is 40.5 Å². The van der Waals surface area contributed by atoms with Gasteiger partial charge < -0.3 is 9.80 Å². The Labute approximate surface area is 148 Å². The molecule has 1 aliphatic rings. The smallest absolute Gasteiger partial charge is 0.253 e. The molecule has 0 bridgehead atoms. The summed E-state index contributed by atoms with van der Waals surface area (Å²) in [5.41, 5.74) is 3.54. The number of piperidine rings is 1. The SMILES string of the molecule is Cc1cc(N(C)C)cc([C@@H]2CCCN(C(=O)c3cccc(F)c3)C2)n1. The molecule has 1 aromatic carbocycles. The summed E-state index contributed by atoms with van der Waals surface area (Å²) < 4.78 is 13.4. The summed E-state index contributed by atoms with van der Waals surface area (Å²) in [5, 5.41) is 0. The van der Waals surface area contributed by atoms with E-state index in [1.165, 1.54) is 12.1 Å². The van der Waals surface area contributed by atoms with Crippen molar-refractivity contribution in [2.75, 3.05) is 32.1 Å². The molecule has 1 fully saturated rings. The van der Waals surface area contributed by atoms with Gasteiger partial charge >= 0.3 is 0 Å². The zero-order valence-corrected chi connectivity index (χ0v) is 15.0. The highest BCUT2D eigenvalue weighted by atomic mass is 19.1. The quantitative estimate of drug-likeness (QED) is 0.856. The molecule has 1 aliphatic heterocycles. The number of hydrogen-bond donors (Lipinski definition) is 0. The first kappa shape index (κ1) is 17.4. The van der Waals surface area contributed by atoms with Crippen LogP contribution in [0.15, 0.2) is 36.4 Å². The lowest BCUT2D eigenvalue weighted by Crippen LogP contribution is -2.39. The normalized spacial score (nSPS) is 17.4. The van der Waals surface area contributed by atoms with Crippen LogP contribution >= 0.6 is 0 Å². The lowest BCUT2D eigenvalue weighted by Gasteiger charge is -2.33. The van der Waals surface area contributed by atoms with Gasteiger partial charge in [0.1, 0.15) is 5.82 Å². The Morgan fingerprint density at radius 3 is 2.80 bits per heavy atom. The largest absolute Gasteiger partial charge is 0.378 e. The van der Waals surface area contributed by atoms with E-state index < -0.39 is 0 Å². The third-order valence-corrected chi connectivity index (χ3v) is 4.67. The maximum absolute atomic E-state index is 13.4. The van der Waals surface area contributed by atoms with Crippen molar-refractivity contribution in [1.82, 2.24) is 9.88 Å². The Balaban J connectivity index is 1.80. The number of rotatable bonds is 3. The van der Waals surface area contributed by atoms with E-state index in [0.717, 1.165) is 29.9 Å². The summed E-state index contributed by atoms with van der Waals surface area (Å²) in [6.45, 7) is 3.33. The number of pyridine rings is 1. The van der Waals surface area contributed by atoms with Crippen LogP contribution in [0.2, 0.25) is 0 Å². The van der Waals surface area contributed by atoms with Crippen LogP contribution in [0, 0.1) is 12.7 Å². The van der Waals surface area contributed by atoms with Crippen molar-refractivity contribution in [2.24, 2.45) is 0 Å². The van der Waals surface area contributed by atoms with Gasteiger partial charge in [0.05, 0.1) is 0 Å². The average Bonchev–Trinajstić information content (AvgIpc) is 2.60. The number of aryl methyl sites for hydroxylation is 1. The number of hydrogen-bond acceptors (Lipinski definition) is 3. The number of benzene rings is 1. The molecule has 2 heterocycles. The number of nitrogens with zero attached hydrogens (tertiary/aromatic N) is 3. The number of aromatic nitrogens is 1. The number of anilines is 1. The van der Waals surface area contributed by atoms with Gasteiger partial charge in [0, 0.05) is 55.7 Å². The number of amides is 1. The highest BCUT2D eigenvalue weighted by molar-refractivity contribution is 5.94. The van der Waals surface area contributed by atoms with Gasteiger partial charge in [-0.2, -0.15) is 0 Å². The van der Waals surface area contributed by atoms with Crippen LogP contribution in [-0.4, -0.2) is 43.0 Å².